The van der Waals surface area contributed by atoms with Crippen LogP contribution in [0.2, 0.25) is 0 Å². The molecule has 3 heterocycles. The van der Waals surface area contributed by atoms with Crippen molar-refractivity contribution in [1.29, 1.82) is 0 Å². The minimum absolute atomic E-state index is 0.194. The van der Waals surface area contributed by atoms with E-state index in [1.807, 2.05) is 0 Å². The summed E-state index contributed by atoms with van der Waals surface area (Å²) in [6.45, 7) is -0.194. The molecule has 4 heteroatoms. The van der Waals surface area contributed by atoms with Crippen LogP contribution in [0.5, 0.6) is 0 Å². The lowest BCUT2D eigenvalue weighted by Crippen LogP contribution is -2.61. The summed E-state index contributed by atoms with van der Waals surface area (Å²) in [5, 5.41) is 2.45. The molecule has 2 aliphatic heterocycles. The largest absolute Gasteiger partial charge is 0.311 e. The van der Waals surface area contributed by atoms with Crippen molar-refractivity contribution < 1.29 is 0 Å². The van der Waals surface area contributed by atoms with Crippen LogP contribution in [0.1, 0.15) is 44.5 Å². The highest BCUT2D eigenvalue weighted by Crippen LogP contribution is 2.66. The van der Waals surface area contributed by atoms with Crippen molar-refractivity contribution in [2.75, 3.05) is 9.80 Å². The lowest BCUT2D eigenvalue weighted by molar-refractivity contribution is 0.794. The smallest absolute Gasteiger partial charge is 0.252 e. The van der Waals surface area contributed by atoms with E-state index in [9.17, 15) is 0 Å². The molecule has 0 N–H and O–H groups in total. The van der Waals surface area contributed by atoms with Gasteiger partial charge in [-0.05, 0) is 177 Å². The van der Waals surface area contributed by atoms with Gasteiger partial charge in [0.1, 0.15) is 0 Å². The molecule has 1 aromatic heterocycles. The Kier molecular flexibility index (Phi) is 10.5. The third-order valence-electron chi connectivity index (χ3n) is 22.6. The van der Waals surface area contributed by atoms with Gasteiger partial charge in [-0.3, -0.25) is 0 Å². The van der Waals surface area contributed by atoms with Crippen LogP contribution in [-0.4, -0.2) is 11.3 Å². The first-order valence-electron chi connectivity index (χ1n) is 33.7. The van der Waals surface area contributed by atoms with E-state index in [0.717, 1.165) is 39.8 Å². The van der Waals surface area contributed by atoms with E-state index in [4.69, 9.17) is 0 Å². The van der Waals surface area contributed by atoms with Crippen molar-refractivity contribution in [3.05, 3.63) is 384 Å². The Labute approximate surface area is 557 Å². The standard InChI is InChI=1S/C92H56BN3/c1-3-24-57(25-4-1)59-46-50-84-80(52-59)93-81-53-60(58-26-5-2-6-27-58)47-51-85(81)96(86-45-23-42-79-89(86)70-35-12-20-41-77(70)92(79)74-38-17-9-30-65(74)66-31-10-18-39-75(66)92)88-56-62(95-82-43-21-13-33-68(82)69-34-14-22-44-83(69)95)55-87(90(88)93)94(84)61-48-49-78-71(54-61)67-32-11-19-40-76(67)91(78)72-36-15-7-28-63(72)64-29-8-16-37-73(64)91/h1-56H. The lowest BCUT2D eigenvalue weighted by Gasteiger charge is -2.45. The van der Waals surface area contributed by atoms with Gasteiger partial charge in [0.2, 0.25) is 0 Å². The van der Waals surface area contributed by atoms with Crippen LogP contribution in [0.4, 0.5) is 34.1 Å². The van der Waals surface area contributed by atoms with Crippen LogP contribution in [0.25, 0.3) is 94.3 Å². The number of hydrogen-bond donors (Lipinski definition) is 0. The number of rotatable bonds is 5. The van der Waals surface area contributed by atoms with Crippen molar-refractivity contribution in [2.45, 2.75) is 10.8 Å². The minimum atomic E-state index is -0.547. The van der Waals surface area contributed by atoms with E-state index in [0.29, 0.717) is 0 Å². The Morgan fingerprint density at radius 2 is 0.625 bits per heavy atom. The van der Waals surface area contributed by atoms with E-state index >= 15 is 0 Å². The molecular formula is C92H56BN3. The average Bonchev–Trinajstić information content (AvgIpc) is 1.44. The molecule has 16 aromatic rings. The Bertz CT molecular complexity index is 5930. The molecule has 15 aromatic carbocycles. The van der Waals surface area contributed by atoms with Gasteiger partial charge < -0.3 is 14.4 Å². The zero-order valence-electron chi connectivity index (χ0n) is 52.3. The summed E-state index contributed by atoms with van der Waals surface area (Å²) in [7, 11) is 0. The summed E-state index contributed by atoms with van der Waals surface area (Å²) in [6.07, 6.45) is 0. The molecule has 0 saturated carbocycles. The highest BCUT2D eigenvalue weighted by Gasteiger charge is 2.55. The van der Waals surface area contributed by atoms with Gasteiger partial charge in [0.25, 0.3) is 6.71 Å². The normalized spacial score (nSPS) is 14.4. The number of benzene rings is 15. The zero-order valence-corrected chi connectivity index (χ0v) is 52.3. The van der Waals surface area contributed by atoms with E-state index in [1.165, 1.54) is 149 Å². The maximum Gasteiger partial charge on any atom is 0.252 e. The fourth-order valence-corrected chi connectivity index (χ4v) is 19.0. The van der Waals surface area contributed by atoms with Crippen molar-refractivity contribution in [3.63, 3.8) is 0 Å². The van der Waals surface area contributed by atoms with Crippen LogP contribution >= 0.6 is 0 Å². The molecule has 22 rings (SSSR count). The van der Waals surface area contributed by atoms with Crippen molar-refractivity contribution in [1.82, 2.24) is 4.57 Å². The molecule has 0 atom stereocenters. The summed E-state index contributed by atoms with van der Waals surface area (Å²) >= 11 is 0. The van der Waals surface area contributed by atoms with Crippen molar-refractivity contribution in [3.8, 4) is 72.4 Å². The third-order valence-corrected chi connectivity index (χ3v) is 22.6. The molecule has 4 aliphatic carbocycles. The first-order chi connectivity index (χ1) is 47.7. The van der Waals surface area contributed by atoms with Gasteiger partial charge in [-0.1, -0.05) is 285 Å². The molecule has 0 bridgehead atoms. The number of para-hydroxylation sites is 2. The quantitative estimate of drug-likeness (QED) is 0.159. The molecule has 0 radical (unpaired) electrons. The molecule has 0 amide bonds. The predicted molar refractivity (Wildman–Crippen MR) is 398 cm³/mol. The van der Waals surface area contributed by atoms with Crippen LogP contribution < -0.4 is 26.2 Å². The molecule has 0 saturated heterocycles. The van der Waals surface area contributed by atoms with Gasteiger partial charge in [-0.15, -0.1) is 0 Å². The second-order valence-corrected chi connectivity index (χ2v) is 26.9. The summed E-state index contributed by atoms with van der Waals surface area (Å²) in [5.41, 5.74) is 38.7. The monoisotopic (exact) mass is 1210 g/mol. The highest BCUT2D eigenvalue weighted by atomic mass is 15.2. The first kappa shape index (κ1) is 52.3. The maximum atomic E-state index is 2.69. The van der Waals surface area contributed by atoms with E-state index < -0.39 is 10.8 Å². The second-order valence-electron chi connectivity index (χ2n) is 26.9. The topological polar surface area (TPSA) is 11.4 Å². The van der Waals surface area contributed by atoms with Crippen LogP contribution in [0, 0.1) is 0 Å². The zero-order chi connectivity index (χ0) is 62.5. The summed E-state index contributed by atoms with van der Waals surface area (Å²) < 4.78 is 2.54. The molecule has 0 fully saturated rings. The minimum Gasteiger partial charge on any atom is -0.311 e. The number of anilines is 6. The van der Waals surface area contributed by atoms with Gasteiger partial charge >= 0.3 is 0 Å². The number of fused-ring (bicyclic) bond motifs is 27. The van der Waals surface area contributed by atoms with Crippen molar-refractivity contribution >= 4 is 79.0 Å². The number of hydrogen-bond acceptors (Lipinski definition) is 2. The van der Waals surface area contributed by atoms with Gasteiger partial charge in [-0.25, -0.2) is 0 Å². The predicted octanol–water partition coefficient (Wildman–Crippen LogP) is 20.9. The number of aromatic nitrogens is 1. The van der Waals surface area contributed by atoms with Gasteiger partial charge in [0.05, 0.1) is 33.2 Å². The molecular weight excluding hydrogens is 1160 g/mol. The maximum absolute atomic E-state index is 2.69. The van der Waals surface area contributed by atoms with E-state index in [-0.39, 0.29) is 6.71 Å². The summed E-state index contributed by atoms with van der Waals surface area (Å²) in [6, 6.07) is 130. The Hall–Kier alpha value is -12.2. The Balaban J connectivity index is 0.878. The molecule has 2 spiro atoms. The van der Waals surface area contributed by atoms with Gasteiger partial charge in [0, 0.05) is 44.8 Å². The molecule has 6 aliphatic rings. The van der Waals surface area contributed by atoms with E-state index in [1.54, 1.807) is 0 Å². The van der Waals surface area contributed by atoms with Gasteiger partial charge in [0.15, 0.2) is 0 Å². The fraction of sp³-hybridized carbons (Fsp3) is 0.0217. The Morgan fingerprint density at radius 3 is 1.15 bits per heavy atom. The SMILES string of the molecule is c1ccc(-c2ccc3c(c2)B2c4cc(-c5ccccc5)ccc4N(c4cccc5c4-c4ccccc4C54c5ccccc5-c5ccccc54)c4cc(-n5c6ccccc6c6ccccc65)cc(c42)N3c2ccc3c(c2)-c2ccccc2C32c3ccccc3-c3ccccc32)cc1. The first-order valence-corrected chi connectivity index (χ1v) is 33.7. The highest BCUT2D eigenvalue weighted by molar-refractivity contribution is 7.00. The molecule has 3 nitrogen and oxygen atoms in total. The van der Waals surface area contributed by atoms with Crippen LogP contribution in [0.15, 0.2) is 340 Å². The molecule has 442 valence electrons. The average molecular weight is 1210 g/mol. The third kappa shape index (κ3) is 6.58. The van der Waals surface area contributed by atoms with Gasteiger partial charge in [-0.2, -0.15) is 0 Å². The van der Waals surface area contributed by atoms with Crippen LogP contribution in [0.3, 0.4) is 0 Å². The second kappa shape index (κ2) is 19.2. The summed E-state index contributed by atoms with van der Waals surface area (Å²) in [5.74, 6) is 0. The lowest BCUT2D eigenvalue weighted by atomic mass is 9.33. The number of nitrogens with zero attached hydrogens (tertiary/aromatic N) is 3. The van der Waals surface area contributed by atoms with Crippen LogP contribution in [-0.2, 0) is 10.8 Å². The Morgan fingerprint density at radius 1 is 0.229 bits per heavy atom. The van der Waals surface area contributed by atoms with E-state index in [2.05, 4.69) is 354 Å². The molecule has 0 unspecified atom stereocenters. The summed E-state index contributed by atoms with van der Waals surface area (Å²) in [4.78, 5) is 5.34. The fourth-order valence-electron chi connectivity index (χ4n) is 19.0. The van der Waals surface area contributed by atoms with Crippen molar-refractivity contribution in [2.24, 2.45) is 0 Å². The molecule has 96 heavy (non-hydrogen) atoms.